The van der Waals surface area contributed by atoms with Gasteiger partial charge in [0.25, 0.3) is 5.91 Å². The summed E-state index contributed by atoms with van der Waals surface area (Å²) in [4.78, 5) is 21.9. The van der Waals surface area contributed by atoms with Gasteiger partial charge in [0.05, 0.1) is 11.5 Å². The number of carbonyl (C=O) groups excluding carboxylic acids is 1. The van der Waals surface area contributed by atoms with Crippen LogP contribution in [0.1, 0.15) is 12.5 Å². The number of rotatable bonds is 6. The van der Waals surface area contributed by atoms with Crippen molar-refractivity contribution in [2.24, 2.45) is 5.92 Å². The van der Waals surface area contributed by atoms with Gasteiger partial charge in [0.15, 0.2) is 6.61 Å². The van der Waals surface area contributed by atoms with E-state index in [4.69, 9.17) is 9.84 Å². The topological polar surface area (TPSA) is 75.6 Å². The molecule has 1 aromatic rings. The van der Waals surface area contributed by atoms with Gasteiger partial charge in [-0.2, -0.15) is 13.2 Å². The van der Waals surface area contributed by atoms with Crippen molar-refractivity contribution in [1.29, 1.82) is 0 Å². The van der Waals surface area contributed by atoms with Crippen LogP contribution in [0.25, 0.3) is 0 Å². The third-order valence-electron chi connectivity index (χ3n) is 2.58. The average Bonchev–Trinajstić information content (AvgIpc) is 2.41. The molecule has 1 amide bonds. The third kappa shape index (κ3) is 5.72. The maximum absolute atomic E-state index is 12.3. The Morgan fingerprint density at radius 3 is 2.33 bits per heavy atom. The molecule has 1 aromatic carbocycles. The predicted octanol–water partition coefficient (Wildman–Crippen LogP) is 1.92. The molecule has 0 heterocycles. The molecule has 0 bridgehead atoms. The molecular formula is C13H14F3NO4. The molecule has 21 heavy (non-hydrogen) atoms. The fraction of sp³-hybridized carbons (Fsp3) is 0.385. The van der Waals surface area contributed by atoms with Gasteiger partial charge >= 0.3 is 12.1 Å². The van der Waals surface area contributed by atoms with Crippen molar-refractivity contribution >= 4 is 11.9 Å². The van der Waals surface area contributed by atoms with E-state index in [0.717, 1.165) is 24.3 Å². The van der Waals surface area contributed by atoms with E-state index in [1.54, 1.807) is 0 Å². The van der Waals surface area contributed by atoms with Crippen molar-refractivity contribution in [2.45, 2.75) is 13.1 Å². The van der Waals surface area contributed by atoms with Crippen LogP contribution >= 0.6 is 0 Å². The van der Waals surface area contributed by atoms with Crippen LogP contribution < -0.4 is 10.1 Å². The lowest BCUT2D eigenvalue weighted by molar-refractivity contribution is -0.141. The molecule has 0 aliphatic carbocycles. The summed E-state index contributed by atoms with van der Waals surface area (Å²) in [7, 11) is 0. The summed E-state index contributed by atoms with van der Waals surface area (Å²) in [6, 6.07) is 3.91. The summed E-state index contributed by atoms with van der Waals surface area (Å²) < 4.78 is 42.0. The second-order valence-electron chi connectivity index (χ2n) is 4.35. The number of aliphatic carboxylic acids is 1. The number of halogens is 3. The molecule has 5 nitrogen and oxygen atoms in total. The number of carboxylic acid groups (broad SMARTS) is 1. The van der Waals surface area contributed by atoms with Crippen LogP contribution in [0.15, 0.2) is 24.3 Å². The number of benzene rings is 1. The molecule has 1 atom stereocenters. The van der Waals surface area contributed by atoms with Crippen molar-refractivity contribution in [3.05, 3.63) is 29.8 Å². The number of nitrogens with one attached hydrogen (secondary N) is 1. The van der Waals surface area contributed by atoms with Crippen molar-refractivity contribution < 1.29 is 32.6 Å². The lowest BCUT2D eigenvalue weighted by Crippen LogP contribution is -2.34. The second kappa shape index (κ2) is 6.96. The molecular weight excluding hydrogens is 291 g/mol. The minimum atomic E-state index is -4.43. The number of ether oxygens (including phenoxy) is 1. The fourth-order valence-corrected chi connectivity index (χ4v) is 1.29. The Morgan fingerprint density at radius 2 is 1.86 bits per heavy atom. The monoisotopic (exact) mass is 305 g/mol. The van der Waals surface area contributed by atoms with E-state index in [1.807, 2.05) is 0 Å². The number of amides is 1. The third-order valence-corrected chi connectivity index (χ3v) is 2.58. The van der Waals surface area contributed by atoms with Gasteiger partial charge in [-0.1, -0.05) is 6.92 Å². The molecule has 0 saturated heterocycles. The fourth-order valence-electron chi connectivity index (χ4n) is 1.29. The highest BCUT2D eigenvalue weighted by molar-refractivity contribution is 5.78. The van der Waals surface area contributed by atoms with Crippen LogP contribution in [0.2, 0.25) is 0 Å². The van der Waals surface area contributed by atoms with Crippen LogP contribution in [-0.4, -0.2) is 30.1 Å². The Kier molecular flexibility index (Phi) is 5.57. The molecule has 0 spiro atoms. The van der Waals surface area contributed by atoms with Gasteiger partial charge in [0, 0.05) is 6.54 Å². The summed E-state index contributed by atoms with van der Waals surface area (Å²) >= 11 is 0. The average molecular weight is 305 g/mol. The van der Waals surface area contributed by atoms with Crippen LogP contribution in [0.3, 0.4) is 0 Å². The van der Waals surface area contributed by atoms with Crippen molar-refractivity contribution in [1.82, 2.24) is 5.32 Å². The number of hydrogen-bond acceptors (Lipinski definition) is 3. The molecule has 116 valence electrons. The first-order chi connectivity index (χ1) is 9.70. The Bertz CT molecular complexity index is 499. The minimum absolute atomic E-state index is 0.0511. The highest BCUT2D eigenvalue weighted by Crippen LogP contribution is 2.30. The smallest absolute Gasteiger partial charge is 0.416 e. The summed E-state index contributed by atoms with van der Waals surface area (Å²) in [5.41, 5.74) is -0.811. The maximum atomic E-state index is 12.3. The summed E-state index contributed by atoms with van der Waals surface area (Å²) in [6.07, 6.45) is -4.43. The van der Waals surface area contributed by atoms with Crippen LogP contribution in [0.5, 0.6) is 5.75 Å². The first-order valence-corrected chi connectivity index (χ1v) is 5.99. The number of carboxylic acids is 1. The standard InChI is InChI=1S/C13H14F3NO4/c1-8(12(19)20)6-17-11(18)7-21-10-4-2-9(3-5-10)13(14,15)16/h2-5,8H,6-7H2,1H3,(H,17,18)(H,19,20). The molecule has 0 radical (unpaired) electrons. The summed E-state index contributed by atoms with van der Waals surface area (Å²) in [6.45, 7) is 0.974. The molecule has 1 unspecified atom stereocenters. The highest BCUT2D eigenvalue weighted by Gasteiger charge is 2.30. The Labute approximate surface area is 118 Å². The van der Waals surface area contributed by atoms with Gasteiger partial charge in [0.2, 0.25) is 0 Å². The first-order valence-electron chi connectivity index (χ1n) is 5.99. The van der Waals surface area contributed by atoms with Crippen molar-refractivity contribution in [2.75, 3.05) is 13.2 Å². The SMILES string of the molecule is CC(CNC(=O)COc1ccc(C(F)(F)F)cc1)C(=O)O. The van der Waals surface area contributed by atoms with Gasteiger partial charge in [-0.25, -0.2) is 0 Å². The lowest BCUT2D eigenvalue weighted by Gasteiger charge is -2.10. The highest BCUT2D eigenvalue weighted by atomic mass is 19.4. The first kappa shape index (κ1) is 16.8. The molecule has 1 rings (SSSR count). The van der Waals surface area contributed by atoms with Crippen molar-refractivity contribution in [3.8, 4) is 5.75 Å². The van der Waals surface area contributed by atoms with Crippen molar-refractivity contribution in [3.63, 3.8) is 0 Å². The van der Waals surface area contributed by atoms with Crippen LogP contribution in [0, 0.1) is 5.92 Å². The zero-order chi connectivity index (χ0) is 16.0. The molecule has 8 heteroatoms. The minimum Gasteiger partial charge on any atom is -0.484 e. The van der Waals surface area contributed by atoms with Gasteiger partial charge in [-0.3, -0.25) is 9.59 Å². The number of carbonyl (C=O) groups is 2. The van der Waals surface area contributed by atoms with Gasteiger partial charge in [0.1, 0.15) is 5.75 Å². The van der Waals surface area contributed by atoms with Crippen LogP contribution in [-0.2, 0) is 15.8 Å². The van der Waals surface area contributed by atoms with E-state index in [0.29, 0.717) is 0 Å². The molecule has 0 aliphatic heterocycles. The van der Waals surface area contributed by atoms with E-state index >= 15 is 0 Å². The zero-order valence-electron chi connectivity index (χ0n) is 11.1. The van der Waals surface area contributed by atoms with E-state index in [1.165, 1.54) is 6.92 Å². The van der Waals surface area contributed by atoms with E-state index < -0.39 is 36.1 Å². The quantitative estimate of drug-likeness (QED) is 0.842. The molecule has 0 aromatic heterocycles. The van der Waals surface area contributed by atoms with Gasteiger partial charge in [-0.05, 0) is 24.3 Å². The zero-order valence-corrected chi connectivity index (χ0v) is 11.1. The largest absolute Gasteiger partial charge is 0.484 e. The number of alkyl halides is 3. The maximum Gasteiger partial charge on any atom is 0.416 e. The van der Waals surface area contributed by atoms with Gasteiger partial charge < -0.3 is 15.2 Å². The molecule has 0 aliphatic rings. The van der Waals surface area contributed by atoms with E-state index in [2.05, 4.69) is 5.32 Å². The second-order valence-corrected chi connectivity index (χ2v) is 4.35. The lowest BCUT2D eigenvalue weighted by atomic mass is 10.2. The van der Waals surface area contributed by atoms with E-state index in [-0.39, 0.29) is 12.3 Å². The summed E-state index contributed by atoms with van der Waals surface area (Å²) in [5.74, 6) is -2.22. The summed E-state index contributed by atoms with van der Waals surface area (Å²) in [5, 5.41) is 11.0. The van der Waals surface area contributed by atoms with Gasteiger partial charge in [-0.15, -0.1) is 0 Å². The normalized spacial score (nSPS) is 12.6. The number of hydrogen-bond donors (Lipinski definition) is 2. The van der Waals surface area contributed by atoms with Crippen LogP contribution in [0.4, 0.5) is 13.2 Å². The van der Waals surface area contributed by atoms with E-state index in [9.17, 15) is 22.8 Å². The molecule has 0 fully saturated rings. The Hall–Kier alpha value is -2.25. The molecule has 2 N–H and O–H groups in total. The Morgan fingerprint density at radius 1 is 1.29 bits per heavy atom. The predicted molar refractivity (Wildman–Crippen MR) is 66.7 cm³/mol. The Balaban J connectivity index is 2.41. The molecule has 0 saturated carbocycles.